The highest BCUT2D eigenvalue weighted by Gasteiger charge is 2.10. The molecule has 0 aliphatic carbocycles. The summed E-state index contributed by atoms with van der Waals surface area (Å²) >= 11 is 3.83. The Labute approximate surface area is 125 Å². The molecule has 1 amide bonds. The molecule has 0 bridgehead atoms. The topological polar surface area (TPSA) is 41.6 Å². The number of thiophene rings is 1. The van der Waals surface area contributed by atoms with Gasteiger partial charge in [-0.15, -0.1) is 11.3 Å². The first kappa shape index (κ1) is 14.2. The van der Waals surface area contributed by atoms with E-state index in [9.17, 15) is 4.79 Å². The van der Waals surface area contributed by atoms with Crippen LogP contribution in [0.1, 0.15) is 16.8 Å². The van der Waals surface area contributed by atoms with Crippen LogP contribution in [-0.4, -0.2) is 50.2 Å². The number of hydrogen-bond acceptors (Lipinski definition) is 4. The van der Waals surface area contributed by atoms with Gasteiger partial charge in [0.2, 0.25) is 0 Å². The maximum Gasteiger partial charge on any atom is 0.252 e. The fourth-order valence-corrected chi connectivity index (χ4v) is 3.19. The lowest BCUT2D eigenvalue weighted by molar-refractivity contribution is 0.0374. The van der Waals surface area contributed by atoms with Gasteiger partial charge in [-0.25, -0.2) is 0 Å². The molecule has 4 nitrogen and oxygen atoms in total. The number of rotatable bonds is 5. The zero-order valence-electron chi connectivity index (χ0n) is 10.2. The average molecular weight is 380 g/mol. The van der Waals surface area contributed by atoms with E-state index in [2.05, 4.69) is 32.8 Å². The van der Waals surface area contributed by atoms with Gasteiger partial charge in [0, 0.05) is 25.0 Å². The molecule has 18 heavy (non-hydrogen) atoms. The van der Waals surface area contributed by atoms with Crippen LogP contribution in [-0.2, 0) is 4.74 Å². The number of ether oxygens (including phenoxy) is 1. The molecule has 0 aromatic carbocycles. The van der Waals surface area contributed by atoms with Gasteiger partial charge in [-0.2, -0.15) is 0 Å². The molecule has 1 aliphatic rings. The van der Waals surface area contributed by atoms with E-state index in [1.165, 1.54) is 0 Å². The molecule has 1 saturated heterocycles. The number of hydrogen-bond donors (Lipinski definition) is 1. The van der Waals surface area contributed by atoms with Crippen LogP contribution in [0.3, 0.4) is 0 Å². The lowest BCUT2D eigenvalue weighted by Gasteiger charge is -2.26. The molecule has 1 aliphatic heterocycles. The molecule has 100 valence electrons. The van der Waals surface area contributed by atoms with Gasteiger partial charge in [-0.05, 0) is 41.6 Å². The average Bonchev–Trinajstić information content (AvgIpc) is 2.82. The number of halogens is 1. The Morgan fingerprint density at radius 1 is 1.50 bits per heavy atom. The first-order valence-electron chi connectivity index (χ1n) is 6.08. The van der Waals surface area contributed by atoms with Gasteiger partial charge in [0.25, 0.3) is 5.91 Å². The second-order valence-electron chi connectivity index (χ2n) is 4.20. The normalized spacial score (nSPS) is 16.7. The zero-order valence-corrected chi connectivity index (χ0v) is 13.1. The summed E-state index contributed by atoms with van der Waals surface area (Å²) < 4.78 is 6.44. The number of morpholine rings is 1. The summed E-state index contributed by atoms with van der Waals surface area (Å²) in [5.41, 5.74) is 0.774. The first-order chi connectivity index (χ1) is 8.75. The second-order valence-corrected chi connectivity index (χ2v) is 7.01. The van der Waals surface area contributed by atoms with Crippen molar-refractivity contribution in [3.8, 4) is 0 Å². The highest BCUT2D eigenvalue weighted by Crippen LogP contribution is 2.16. The minimum absolute atomic E-state index is 0.0381. The molecule has 1 fully saturated rings. The number of nitrogens with zero attached hydrogens (tertiary/aromatic N) is 1. The molecule has 0 unspecified atom stereocenters. The van der Waals surface area contributed by atoms with Crippen molar-refractivity contribution in [3.63, 3.8) is 0 Å². The summed E-state index contributed by atoms with van der Waals surface area (Å²) in [5.74, 6) is 0.0381. The van der Waals surface area contributed by atoms with Crippen LogP contribution < -0.4 is 5.32 Å². The van der Waals surface area contributed by atoms with E-state index in [4.69, 9.17) is 4.74 Å². The van der Waals surface area contributed by atoms with Crippen LogP contribution >= 0.6 is 33.9 Å². The third kappa shape index (κ3) is 4.49. The van der Waals surface area contributed by atoms with Crippen molar-refractivity contribution >= 4 is 39.8 Å². The predicted molar refractivity (Wildman–Crippen MR) is 81.2 cm³/mol. The van der Waals surface area contributed by atoms with Crippen molar-refractivity contribution in [1.29, 1.82) is 0 Å². The SMILES string of the molecule is O=C(NCCCN1CCOCC1)c1csc(I)c1. The summed E-state index contributed by atoms with van der Waals surface area (Å²) in [4.78, 5) is 14.1. The van der Waals surface area contributed by atoms with E-state index in [-0.39, 0.29) is 5.91 Å². The zero-order chi connectivity index (χ0) is 12.8. The lowest BCUT2D eigenvalue weighted by Crippen LogP contribution is -2.38. The minimum atomic E-state index is 0.0381. The molecule has 2 heterocycles. The van der Waals surface area contributed by atoms with E-state index in [0.29, 0.717) is 0 Å². The Bertz CT molecular complexity index is 391. The molecule has 0 spiro atoms. The Kier molecular flexibility index (Phi) is 5.87. The van der Waals surface area contributed by atoms with Crippen LogP contribution in [0.4, 0.5) is 0 Å². The molecule has 6 heteroatoms. The molecule has 1 N–H and O–H groups in total. The van der Waals surface area contributed by atoms with Gasteiger partial charge in [0.05, 0.1) is 21.7 Å². The number of carbonyl (C=O) groups is 1. The second kappa shape index (κ2) is 7.42. The first-order valence-corrected chi connectivity index (χ1v) is 8.04. The van der Waals surface area contributed by atoms with Gasteiger partial charge in [0.1, 0.15) is 0 Å². The third-order valence-electron chi connectivity index (χ3n) is 2.87. The van der Waals surface area contributed by atoms with Gasteiger partial charge < -0.3 is 10.1 Å². The largest absolute Gasteiger partial charge is 0.379 e. The van der Waals surface area contributed by atoms with E-state index < -0.39 is 0 Å². The van der Waals surface area contributed by atoms with Crippen molar-refractivity contribution in [2.24, 2.45) is 0 Å². The van der Waals surface area contributed by atoms with Crippen LogP contribution in [0.5, 0.6) is 0 Å². The molecule has 0 saturated carbocycles. The summed E-state index contributed by atoms with van der Waals surface area (Å²) in [6, 6.07) is 1.92. The van der Waals surface area contributed by atoms with Crippen LogP contribution in [0, 0.1) is 2.88 Å². The van der Waals surface area contributed by atoms with Gasteiger partial charge >= 0.3 is 0 Å². The standard InChI is InChI=1S/C12H17IN2O2S/c13-11-8-10(9-18-11)12(16)14-2-1-3-15-4-6-17-7-5-15/h8-9H,1-7H2,(H,14,16). The van der Waals surface area contributed by atoms with Crippen molar-refractivity contribution in [2.45, 2.75) is 6.42 Å². The van der Waals surface area contributed by atoms with Gasteiger partial charge in [0.15, 0.2) is 0 Å². The van der Waals surface area contributed by atoms with E-state index in [1.807, 2.05) is 11.4 Å². The molecule has 1 aromatic heterocycles. The van der Waals surface area contributed by atoms with Gasteiger partial charge in [-0.1, -0.05) is 0 Å². The monoisotopic (exact) mass is 380 g/mol. The fraction of sp³-hybridized carbons (Fsp3) is 0.583. The maximum absolute atomic E-state index is 11.8. The molecular formula is C12H17IN2O2S. The summed E-state index contributed by atoms with van der Waals surface area (Å²) in [5, 5.41) is 4.86. The number of carbonyl (C=O) groups excluding carboxylic acids is 1. The van der Waals surface area contributed by atoms with E-state index >= 15 is 0 Å². The van der Waals surface area contributed by atoms with Crippen molar-refractivity contribution < 1.29 is 9.53 Å². The van der Waals surface area contributed by atoms with Gasteiger partial charge in [-0.3, -0.25) is 9.69 Å². The van der Waals surface area contributed by atoms with E-state index in [1.54, 1.807) is 11.3 Å². The predicted octanol–water partition coefficient (Wildman–Crippen LogP) is 1.80. The number of amides is 1. The summed E-state index contributed by atoms with van der Waals surface area (Å²) in [6.07, 6.45) is 0.993. The minimum Gasteiger partial charge on any atom is -0.379 e. The fourth-order valence-electron chi connectivity index (χ4n) is 1.86. The lowest BCUT2D eigenvalue weighted by atomic mass is 10.3. The molecule has 2 rings (SSSR count). The quantitative estimate of drug-likeness (QED) is 0.626. The van der Waals surface area contributed by atoms with Crippen LogP contribution in [0.2, 0.25) is 0 Å². The van der Waals surface area contributed by atoms with Crippen LogP contribution in [0.25, 0.3) is 0 Å². The summed E-state index contributed by atoms with van der Waals surface area (Å²) in [6.45, 7) is 5.46. The summed E-state index contributed by atoms with van der Waals surface area (Å²) in [7, 11) is 0. The molecule has 1 aromatic rings. The number of nitrogens with one attached hydrogen (secondary N) is 1. The van der Waals surface area contributed by atoms with Crippen LogP contribution in [0.15, 0.2) is 11.4 Å². The highest BCUT2D eigenvalue weighted by molar-refractivity contribution is 14.1. The molecule has 0 atom stereocenters. The van der Waals surface area contributed by atoms with Crippen molar-refractivity contribution in [2.75, 3.05) is 39.4 Å². The van der Waals surface area contributed by atoms with Crippen molar-refractivity contribution in [3.05, 3.63) is 19.9 Å². The Balaban J connectivity index is 1.61. The Morgan fingerprint density at radius 2 is 2.28 bits per heavy atom. The third-order valence-corrected chi connectivity index (χ3v) is 4.66. The maximum atomic E-state index is 11.8. The van der Waals surface area contributed by atoms with E-state index in [0.717, 1.165) is 54.3 Å². The Hall–Kier alpha value is -0.180. The van der Waals surface area contributed by atoms with Crippen molar-refractivity contribution in [1.82, 2.24) is 10.2 Å². The molecular weight excluding hydrogens is 363 g/mol. The molecule has 0 radical (unpaired) electrons. The Morgan fingerprint density at radius 3 is 2.94 bits per heavy atom. The smallest absolute Gasteiger partial charge is 0.252 e. The highest BCUT2D eigenvalue weighted by atomic mass is 127.